The third-order valence-electron chi connectivity index (χ3n) is 9.65. The maximum absolute atomic E-state index is 6.63. The van der Waals surface area contributed by atoms with E-state index in [-0.39, 0.29) is 0 Å². The SMILES string of the molecule is c1cc(-c2cccc3c2Oc2cc4ccccc4cc2O3)cc(-c2c3ccccc3c(-c3ccc4ccccc4c3)c3ccccc23)c1. The van der Waals surface area contributed by atoms with Crippen molar-refractivity contribution >= 4 is 43.1 Å². The second kappa shape index (κ2) is 10.6. The highest BCUT2D eigenvalue weighted by Crippen LogP contribution is 2.51. The number of ether oxygens (including phenoxy) is 2. The average Bonchev–Trinajstić information content (AvgIpc) is 3.15. The predicted molar refractivity (Wildman–Crippen MR) is 199 cm³/mol. The molecule has 0 bridgehead atoms. The zero-order chi connectivity index (χ0) is 31.6. The van der Waals surface area contributed by atoms with Crippen LogP contribution >= 0.6 is 0 Å². The van der Waals surface area contributed by atoms with Gasteiger partial charge >= 0.3 is 0 Å². The molecule has 10 rings (SSSR count). The van der Waals surface area contributed by atoms with Gasteiger partial charge in [0.1, 0.15) is 0 Å². The fourth-order valence-corrected chi connectivity index (χ4v) is 7.45. The molecular weight excluding hydrogens is 585 g/mol. The van der Waals surface area contributed by atoms with Crippen LogP contribution < -0.4 is 9.47 Å². The summed E-state index contributed by atoms with van der Waals surface area (Å²) < 4.78 is 13.1. The molecule has 1 heterocycles. The molecule has 0 fully saturated rings. The first-order valence-electron chi connectivity index (χ1n) is 16.3. The summed E-state index contributed by atoms with van der Waals surface area (Å²) >= 11 is 0. The highest BCUT2D eigenvalue weighted by molar-refractivity contribution is 6.21. The van der Waals surface area contributed by atoms with E-state index < -0.39 is 0 Å². The summed E-state index contributed by atoms with van der Waals surface area (Å²) in [5, 5.41) is 9.67. The predicted octanol–water partition coefficient (Wildman–Crippen LogP) is 13.2. The van der Waals surface area contributed by atoms with Crippen molar-refractivity contribution in [1.82, 2.24) is 0 Å². The van der Waals surface area contributed by atoms with Gasteiger partial charge in [-0.25, -0.2) is 0 Å². The van der Waals surface area contributed by atoms with Crippen LogP contribution in [0, 0.1) is 0 Å². The molecule has 1 aliphatic rings. The Hall–Kier alpha value is -6.38. The van der Waals surface area contributed by atoms with Crippen LogP contribution in [0.1, 0.15) is 0 Å². The molecule has 2 heteroatoms. The fraction of sp³-hybridized carbons (Fsp3) is 0. The fourth-order valence-electron chi connectivity index (χ4n) is 7.45. The van der Waals surface area contributed by atoms with Crippen molar-refractivity contribution in [3.05, 3.63) is 170 Å². The number of fused-ring (bicyclic) bond motifs is 6. The van der Waals surface area contributed by atoms with Crippen molar-refractivity contribution in [3.63, 3.8) is 0 Å². The molecule has 0 N–H and O–H groups in total. The van der Waals surface area contributed by atoms with E-state index in [0.29, 0.717) is 0 Å². The Balaban J connectivity index is 1.15. The Morgan fingerprint density at radius 1 is 0.292 bits per heavy atom. The Morgan fingerprint density at radius 2 is 0.792 bits per heavy atom. The lowest BCUT2D eigenvalue weighted by Crippen LogP contribution is -2.00. The first-order chi connectivity index (χ1) is 23.8. The molecule has 0 aromatic heterocycles. The minimum absolute atomic E-state index is 0.719. The van der Waals surface area contributed by atoms with Crippen LogP contribution in [0.25, 0.3) is 76.5 Å². The Labute approximate surface area is 278 Å². The monoisotopic (exact) mass is 612 g/mol. The lowest BCUT2D eigenvalue weighted by Gasteiger charge is -2.23. The zero-order valence-electron chi connectivity index (χ0n) is 26.0. The lowest BCUT2D eigenvalue weighted by atomic mass is 9.85. The highest BCUT2D eigenvalue weighted by atomic mass is 16.6. The number of para-hydroxylation sites is 1. The van der Waals surface area contributed by atoms with Crippen LogP contribution in [0.2, 0.25) is 0 Å². The molecule has 2 nitrogen and oxygen atoms in total. The normalized spacial score (nSPS) is 12.1. The second-order valence-electron chi connectivity index (χ2n) is 12.5. The number of hydrogen-bond acceptors (Lipinski definition) is 2. The molecule has 224 valence electrons. The van der Waals surface area contributed by atoms with Crippen LogP contribution in [0.5, 0.6) is 23.0 Å². The van der Waals surface area contributed by atoms with Crippen molar-refractivity contribution in [2.45, 2.75) is 0 Å². The van der Waals surface area contributed by atoms with Crippen LogP contribution in [0.3, 0.4) is 0 Å². The molecule has 1 aliphatic heterocycles. The minimum atomic E-state index is 0.719. The number of rotatable bonds is 3. The summed E-state index contributed by atoms with van der Waals surface area (Å²) in [6.45, 7) is 0. The average molecular weight is 613 g/mol. The van der Waals surface area contributed by atoms with Gasteiger partial charge in [-0.05, 0) is 101 Å². The summed E-state index contributed by atoms with van der Waals surface area (Å²) in [5.41, 5.74) is 6.94. The smallest absolute Gasteiger partial charge is 0.177 e. The third kappa shape index (κ3) is 4.20. The maximum atomic E-state index is 6.63. The molecule has 0 unspecified atom stereocenters. The molecular formula is C46H28O2. The van der Waals surface area contributed by atoms with Crippen LogP contribution in [-0.2, 0) is 0 Å². The van der Waals surface area contributed by atoms with Gasteiger partial charge in [-0.2, -0.15) is 0 Å². The molecule has 0 atom stereocenters. The molecule has 0 radical (unpaired) electrons. The Morgan fingerprint density at radius 3 is 1.44 bits per heavy atom. The van der Waals surface area contributed by atoms with E-state index in [2.05, 4.69) is 146 Å². The summed E-state index contributed by atoms with van der Waals surface area (Å²) in [7, 11) is 0. The Bertz CT molecular complexity index is 2680. The molecule has 0 aliphatic carbocycles. The van der Waals surface area contributed by atoms with E-state index in [1.807, 2.05) is 24.3 Å². The first kappa shape index (κ1) is 26.8. The minimum Gasteiger partial charge on any atom is -0.449 e. The lowest BCUT2D eigenvalue weighted by molar-refractivity contribution is 0.361. The third-order valence-corrected chi connectivity index (χ3v) is 9.65. The van der Waals surface area contributed by atoms with E-state index in [0.717, 1.165) is 50.5 Å². The van der Waals surface area contributed by atoms with E-state index in [9.17, 15) is 0 Å². The molecule has 0 spiro atoms. The first-order valence-corrected chi connectivity index (χ1v) is 16.3. The molecule has 9 aromatic rings. The van der Waals surface area contributed by atoms with Crippen molar-refractivity contribution in [2.75, 3.05) is 0 Å². The maximum Gasteiger partial charge on any atom is 0.177 e. The zero-order valence-corrected chi connectivity index (χ0v) is 26.0. The van der Waals surface area contributed by atoms with Crippen molar-refractivity contribution in [1.29, 1.82) is 0 Å². The van der Waals surface area contributed by atoms with Crippen LogP contribution in [0.4, 0.5) is 0 Å². The van der Waals surface area contributed by atoms with Crippen molar-refractivity contribution in [3.8, 4) is 56.4 Å². The summed E-state index contributed by atoms with van der Waals surface area (Å²) in [6, 6.07) is 60.4. The van der Waals surface area contributed by atoms with Crippen molar-refractivity contribution in [2.24, 2.45) is 0 Å². The van der Waals surface area contributed by atoms with Gasteiger partial charge in [-0.1, -0.05) is 140 Å². The van der Waals surface area contributed by atoms with Crippen LogP contribution in [-0.4, -0.2) is 0 Å². The summed E-state index contributed by atoms with van der Waals surface area (Å²) in [4.78, 5) is 0. The van der Waals surface area contributed by atoms with E-state index in [1.54, 1.807) is 0 Å². The van der Waals surface area contributed by atoms with Gasteiger partial charge in [-0.15, -0.1) is 0 Å². The summed E-state index contributed by atoms with van der Waals surface area (Å²) in [5.74, 6) is 2.91. The van der Waals surface area contributed by atoms with Gasteiger partial charge in [-0.3, -0.25) is 0 Å². The Kier molecular flexibility index (Phi) is 5.91. The van der Waals surface area contributed by atoms with E-state index >= 15 is 0 Å². The van der Waals surface area contributed by atoms with Crippen molar-refractivity contribution < 1.29 is 9.47 Å². The standard InChI is InChI=1S/C46H28O2/c1-2-12-30-25-35(24-23-29(30)11-1)45-39-19-7-5-17-37(39)44(38-18-6-8-20-40(38)45)34-16-9-15-33(26-34)36-21-10-22-41-46(36)48-43-28-32-14-4-3-13-31(32)27-42(43)47-41/h1-28H. The molecule has 0 saturated carbocycles. The number of hydrogen-bond donors (Lipinski definition) is 0. The van der Waals surface area contributed by atoms with Gasteiger partial charge in [0.05, 0.1) is 0 Å². The quantitative estimate of drug-likeness (QED) is 0.185. The van der Waals surface area contributed by atoms with Gasteiger partial charge in [0.2, 0.25) is 0 Å². The second-order valence-corrected chi connectivity index (χ2v) is 12.5. The van der Waals surface area contributed by atoms with Gasteiger partial charge in [0, 0.05) is 5.56 Å². The number of benzene rings is 9. The van der Waals surface area contributed by atoms with Gasteiger partial charge < -0.3 is 9.47 Å². The van der Waals surface area contributed by atoms with E-state index in [1.165, 1.54) is 49.0 Å². The molecule has 0 saturated heterocycles. The van der Waals surface area contributed by atoms with Gasteiger partial charge in [0.15, 0.2) is 23.0 Å². The van der Waals surface area contributed by atoms with E-state index in [4.69, 9.17) is 9.47 Å². The molecule has 48 heavy (non-hydrogen) atoms. The van der Waals surface area contributed by atoms with Gasteiger partial charge in [0.25, 0.3) is 0 Å². The van der Waals surface area contributed by atoms with Crippen LogP contribution in [0.15, 0.2) is 170 Å². The largest absolute Gasteiger partial charge is 0.449 e. The highest BCUT2D eigenvalue weighted by Gasteiger charge is 2.24. The molecule has 9 aromatic carbocycles. The molecule has 0 amide bonds. The summed E-state index contributed by atoms with van der Waals surface area (Å²) in [6.07, 6.45) is 0. The topological polar surface area (TPSA) is 18.5 Å².